The number of methoxy groups -OCH3 is 1. The fraction of sp³-hybridized carbons (Fsp3) is 0.364. The molecule has 0 aliphatic carbocycles. The molecule has 0 aliphatic heterocycles. The Morgan fingerprint density at radius 1 is 1.12 bits per heavy atom. The van der Waals surface area contributed by atoms with E-state index in [1.54, 1.807) is 7.11 Å². The van der Waals surface area contributed by atoms with E-state index in [0.29, 0.717) is 5.88 Å². The molecule has 4 nitrogen and oxygen atoms in total. The van der Waals surface area contributed by atoms with E-state index in [0.717, 1.165) is 35.2 Å². The fourth-order valence-corrected chi connectivity index (χ4v) is 3.30. The Balaban J connectivity index is 1.99. The lowest BCUT2D eigenvalue weighted by molar-refractivity contribution is 0.397. The first-order valence-corrected chi connectivity index (χ1v) is 9.27. The zero-order valence-corrected chi connectivity index (χ0v) is 16.1. The van der Waals surface area contributed by atoms with Gasteiger partial charge in [0.1, 0.15) is 5.52 Å². The number of hydrogen-bond acceptors (Lipinski definition) is 3. The predicted molar refractivity (Wildman–Crippen MR) is 108 cm³/mol. The maximum atomic E-state index is 5.23. The number of rotatable bonds is 7. The highest BCUT2D eigenvalue weighted by Crippen LogP contribution is 2.32. The summed E-state index contributed by atoms with van der Waals surface area (Å²) in [4.78, 5) is 4.51. The summed E-state index contributed by atoms with van der Waals surface area (Å²) in [6, 6.07) is 10.4. The molecule has 0 atom stereocenters. The molecule has 0 amide bonds. The number of fused-ring (bicyclic) bond motifs is 1. The molecule has 136 valence electrons. The van der Waals surface area contributed by atoms with Crippen molar-refractivity contribution in [1.29, 1.82) is 0 Å². The number of nitrogens with zero attached hydrogens (tertiary/aromatic N) is 3. The molecular formula is C22H27N3O. The predicted octanol–water partition coefficient (Wildman–Crippen LogP) is 5.24. The van der Waals surface area contributed by atoms with Gasteiger partial charge in [-0.15, -0.1) is 0 Å². The molecule has 0 saturated carbocycles. The van der Waals surface area contributed by atoms with E-state index in [4.69, 9.17) is 9.84 Å². The molecule has 3 aromatic rings. The first-order chi connectivity index (χ1) is 12.7. The van der Waals surface area contributed by atoms with Gasteiger partial charge in [0.25, 0.3) is 0 Å². The zero-order chi connectivity index (χ0) is 18.5. The lowest BCUT2D eigenvalue weighted by Crippen LogP contribution is -1.96. The van der Waals surface area contributed by atoms with Crippen molar-refractivity contribution in [3.8, 4) is 17.0 Å². The second-order valence-corrected chi connectivity index (χ2v) is 6.58. The molecule has 0 aliphatic rings. The lowest BCUT2D eigenvalue weighted by atomic mass is 10.0. The minimum Gasteiger partial charge on any atom is -0.481 e. The van der Waals surface area contributed by atoms with Crippen LogP contribution in [0.5, 0.6) is 5.88 Å². The van der Waals surface area contributed by atoms with E-state index >= 15 is 0 Å². The first-order valence-electron chi connectivity index (χ1n) is 9.27. The SMILES string of the molecule is CCCCC=CCc1c2cccc(-c3ccc(OC)nc3C)c2nn1C. The smallest absolute Gasteiger partial charge is 0.213 e. The maximum Gasteiger partial charge on any atom is 0.213 e. The van der Waals surface area contributed by atoms with Crippen molar-refractivity contribution in [3.05, 3.63) is 53.9 Å². The first kappa shape index (κ1) is 18.2. The van der Waals surface area contributed by atoms with Gasteiger partial charge in [-0.05, 0) is 19.4 Å². The summed E-state index contributed by atoms with van der Waals surface area (Å²) in [5.74, 6) is 0.636. The van der Waals surface area contributed by atoms with Crippen molar-refractivity contribution in [3.63, 3.8) is 0 Å². The molecule has 1 aromatic carbocycles. The fourth-order valence-electron chi connectivity index (χ4n) is 3.30. The second-order valence-electron chi connectivity index (χ2n) is 6.58. The van der Waals surface area contributed by atoms with Crippen molar-refractivity contribution < 1.29 is 4.74 Å². The Morgan fingerprint density at radius 2 is 1.96 bits per heavy atom. The Morgan fingerprint density at radius 3 is 2.69 bits per heavy atom. The number of pyridine rings is 1. The van der Waals surface area contributed by atoms with E-state index in [-0.39, 0.29) is 0 Å². The number of unbranched alkanes of at least 4 members (excludes halogenated alkanes) is 2. The van der Waals surface area contributed by atoms with Crippen LogP contribution in [-0.2, 0) is 13.5 Å². The summed E-state index contributed by atoms with van der Waals surface area (Å²) in [6.07, 6.45) is 9.07. The quantitative estimate of drug-likeness (QED) is 0.432. The van der Waals surface area contributed by atoms with Gasteiger partial charge in [-0.2, -0.15) is 5.10 Å². The van der Waals surface area contributed by atoms with E-state index in [2.05, 4.69) is 48.3 Å². The minimum atomic E-state index is 0.636. The molecule has 0 saturated heterocycles. The van der Waals surface area contributed by atoms with Gasteiger partial charge in [-0.1, -0.05) is 50.1 Å². The molecular weight excluding hydrogens is 322 g/mol. The van der Waals surface area contributed by atoms with Crippen molar-refractivity contribution in [2.75, 3.05) is 7.11 Å². The molecule has 0 N–H and O–H groups in total. The lowest BCUT2D eigenvalue weighted by Gasteiger charge is -2.08. The normalized spacial score (nSPS) is 11.5. The van der Waals surface area contributed by atoms with Crippen molar-refractivity contribution in [2.24, 2.45) is 7.05 Å². The van der Waals surface area contributed by atoms with Crippen LogP contribution >= 0.6 is 0 Å². The molecule has 4 heteroatoms. The van der Waals surface area contributed by atoms with Crippen LogP contribution in [0.2, 0.25) is 0 Å². The molecule has 2 heterocycles. The van der Waals surface area contributed by atoms with Gasteiger partial charge in [0.15, 0.2) is 0 Å². The molecule has 0 fully saturated rings. The molecule has 0 bridgehead atoms. The van der Waals surface area contributed by atoms with Gasteiger partial charge in [0.05, 0.1) is 7.11 Å². The molecule has 0 unspecified atom stereocenters. The number of aromatic nitrogens is 3. The molecule has 3 rings (SSSR count). The van der Waals surface area contributed by atoms with Gasteiger partial charge in [0.2, 0.25) is 5.88 Å². The van der Waals surface area contributed by atoms with Crippen LogP contribution in [0.1, 0.15) is 37.6 Å². The van der Waals surface area contributed by atoms with E-state index in [1.165, 1.54) is 23.9 Å². The molecule has 2 aromatic heterocycles. The van der Waals surface area contributed by atoms with E-state index in [9.17, 15) is 0 Å². The van der Waals surface area contributed by atoms with Gasteiger partial charge < -0.3 is 4.74 Å². The molecule has 0 radical (unpaired) electrons. The standard InChI is InChI=1S/C22H27N3O/c1-5-6-7-8-9-13-20-19-12-10-11-18(22(19)24-25(20)3)17-14-15-21(26-4)23-16(17)2/h8-12,14-15H,5-7,13H2,1-4H3. The van der Waals surface area contributed by atoms with Crippen LogP contribution in [0.15, 0.2) is 42.5 Å². The Labute approximate surface area is 155 Å². The van der Waals surface area contributed by atoms with Crippen LogP contribution in [0.4, 0.5) is 0 Å². The van der Waals surface area contributed by atoms with Crippen LogP contribution in [0, 0.1) is 6.92 Å². The van der Waals surface area contributed by atoms with E-state index < -0.39 is 0 Å². The summed E-state index contributed by atoms with van der Waals surface area (Å²) < 4.78 is 7.23. The largest absolute Gasteiger partial charge is 0.481 e. The highest BCUT2D eigenvalue weighted by atomic mass is 16.5. The van der Waals surface area contributed by atoms with Gasteiger partial charge in [-0.3, -0.25) is 4.68 Å². The zero-order valence-electron chi connectivity index (χ0n) is 16.1. The topological polar surface area (TPSA) is 39.9 Å². The average Bonchev–Trinajstić information content (AvgIpc) is 2.97. The van der Waals surface area contributed by atoms with Gasteiger partial charge in [0, 0.05) is 47.4 Å². The molecule has 0 spiro atoms. The Kier molecular flexibility index (Phi) is 5.71. The number of aryl methyl sites for hydroxylation is 2. The summed E-state index contributed by atoms with van der Waals surface area (Å²) >= 11 is 0. The number of ether oxygens (including phenoxy) is 1. The maximum absolute atomic E-state index is 5.23. The van der Waals surface area contributed by atoms with Crippen LogP contribution in [0.3, 0.4) is 0 Å². The number of allylic oxidation sites excluding steroid dienone is 2. The van der Waals surface area contributed by atoms with Gasteiger partial charge in [-0.25, -0.2) is 4.98 Å². The summed E-state index contributed by atoms with van der Waals surface area (Å²) in [5.41, 5.74) is 5.44. The third-order valence-electron chi connectivity index (χ3n) is 4.75. The van der Waals surface area contributed by atoms with Crippen molar-refractivity contribution >= 4 is 10.9 Å². The summed E-state index contributed by atoms with van der Waals surface area (Å²) in [5, 5.41) is 6.02. The van der Waals surface area contributed by atoms with E-state index in [1.807, 2.05) is 24.7 Å². The third-order valence-corrected chi connectivity index (χ3v) is 4.75. The summed E-state index contributed by atoms with van der Waals surface area (Å²) in [7, 11) is 3.67. The van der Waals surface area contributed by atoms with Crippen LogP contribution < -0.4 is 4.74 Å². The van der Waals surface area contributed by atoms with Crippen molar-refractivity contribution in [2.45, 2.75) is 39.5 Å². The Bertz CT molecular complexity index is 925. The monoisotopic (exact) mass is 349 g/mol. The van der Waals surface area contributed by atoms with Crippen LogP contribution in [-0.4, -0.2) is 21.9 Å². The number of benzene rings is 1. The third kappa shape index (κ3) is 3.64. The summed E-state index contributed by atoms with van der Waals surface area (Å²) in [6.45, 7) is 4.23. The van der Waals surface area contributed by atoms with Crippen LogP contribution in [0.25, 0.3) is 22.0 Å². The van der Waals surface area contributed by atoms with Gasteiger partial charge >= 0.3 is 0 Å². The molecule has 26 heavy (non-hydrogen) atoms. The second kappa shape index (κ2) is 8.17. The minimum absolute atomic E-state index is 0.636. The number of hydrogen-bond donors (Lipinski definition) is 0. The van der Waals surface area contributed by atoms with Crippen molar-refractivity contribution in [1.82, 2.24) is 14.8 Å². The Hall–Kier alpha value is -2.62. The average molecular weight is 349 g/mol. The highest BCUT2D eigenvalue weighted by Gasteiger charge is 2.14. The highest BCUT2D eigenvalue weighted by molar-refractivity contribution is 5.95.